The molecule has 0 aliphatic heterocycles. The summed E-state index contributed by atoms with van der Waals surface area (Å²) in [5, 5.41) is 9.80. The van der Waals surface area contributed by atoms with Crippen LogP contribution in [0.1, 0.15) is 43.4 Å². The lowest BCUT2D eigenvalue weighted by Gasteiger charge is -2.11. The number of unbranched alkanes of at least 4 members (excludes halogenated alkanes) is 3. The van der Waals surface area contributed by atoms with Crippen molar-refractivity contribution in [3.05, 3.63) is 71.9 Å². The monoisotopic (exact) mass is 363 g/mol. The van der Waals surface area contributed by atoms with Crippen LogP contribution in [0.25, 0.3) is 10.9 Å². The summed E-state index contributed by atoms with van der Waals surface area (Å²) < 4.78 is 6.04. The highest BCUT2D eigenvalue weighted by Crippen LogP contribution is 2.22. The number of rotatable bonds is 10. The number of ether oxygens (including phenoxy) is 1. The van der Waals surface area contributed by atoms with Crippen LogP contribution in [0.4, 0.5) is 0 Å². The SMILES string of the molecule is O=C(O)CCCCCCc1ccccc1OCc1ccc2ccccc2n1. The van der Waals surface area contributed by atoms with Gasteiger partial charge in [0.2, 0.25) is 0 Å². The van der Waals surface area contributed by atoms with Crippen LogP contribution in [-0.4, -0.2) is 16.1 Å². The zero-order valence-electron chi connectivity index (χ0n) is 15.4. The Morgan fingerprint density at radius 2 is 1.67 bits per heavy atom. The van der Waals surface area contributed by atoms with Crippen molar-refractivity contribution in [2.45, 2.75) is 45.1 Å². The minimum atomic E-state index is -0.712. The van der Waals surface area contributed by atoms with Gasteiger partial charge < -0.3 is 9.84 Å². The molecule has 4 nitrogen and oxygen atoms in total. The molecule has 0 aliphatic carbocycles. The fourth-order valence-corrected chi connectivity index (χ4v) is 3.14. The van der Waals surface area contributed by atoms with E-state index < -0.39 is 5.97 Å². The Bertz CT molecular complexity index is 891. The second-order valence-corrected chi connectivity index (χ2v) is 6.70. The lowest BCUT2D eigenvalue weighted by atomic mass is 10.0. The van der Waals surface area contributed by atoms with Crippen LogP contribution >= 0.6 is 0 Å². The molecule has 0 atom stereocenters. The lowest BCUT2D eigenvalue weighted by molar-refractivity contribution is -0.137. The molecule has 27 heavy (non-hydrogen) atoms. The molecule has 0 unspecified atom stereocenters. The molecule has 1 heterocycles. The molecule has 4 heteroatoms. The van der Waals surface area contributed by atoms with E-state index in [-0.39, 0.29) is 6.42 Å². The van der Waals surface area contributed by atoms with E-state index in [1.165, 1.54) is 5.56 Å². The Labute approximate surface area is 159 Å². The predicted octanol–water partition coefficient (Wildman–Crippen LogP) is 5.39. The van der Waals surface area contributed by atoms with Gasteiger partial charge in [0.25, 0.3) is 0 Å². The number of pyridine rings is 1. The van der Waals surface area contributed by atoms with Crippen molar-refractivity contribution in [2.24, 2.45) is 0 Å². The number of carboxylic acids is 1. The molecule has 0 saturated carbocycles. The molecule has 140 valence electrons. The van der Waals surface area contributed by atoms with Crippen LogP contribution < -0.4 is 4.74 Å². The number of hydrogen-bond acceptors (Lipinski definition) is 3. The van der Waals surface area contributed by atoms with E-state index in [4.69, 9.17) is 9.84 Å². The number of benzene rings is 2. The highest BCUT2D eigenvalue weighted by atomic mass is 16.5. The maximum Gasteiger partial charge on any atom is 0.303 e. The van der Waals surface area contributed by atoms with Gasteiger partial charge in [-0.3, -0.25) is 4.79 Å². The predicted molar refractivity (Wildman–Crippen MR) is 107 cm³/mol. The van der Waals surface area contributed by atoms with Gasteiger partial charge in [-0.25, -0.2) is 4.98 Å². The third kappa shape index (κ3) is 5.81. The van der Waals surface area contributed by atoms with Gasteiger partial charge in [0, 0.05) is 11.8 Å². The third-order valence-electron chi connectivity index (χ3n) is 4.59. The zero-order chi connectivity index (χ0) is 18.9. The smallest absolute Gasteiger partial charge is 0.303 e. The number of para-hydroxylation sites is 2. The number of fused-ring (bicyclic) bond motifs is 1. The standard InChI is InChI=1S/C23H25NO3/c25-23(26)14-4-2-1-3-10-19-11-6-8-13-22(19)27-17-20-16-15-18-9-5-7-12-21(18)24-20/h5-9,11-13,15-16H,1-4,10,14,17H2,(H,25,26). The first-order valence-corrected chi connectivity index (χ1v) is 9.49. The van der Waals surface area contributed by atoms with Crippen LogP contribution in [0.5, 0.6) is 5.75 Å². The number of nitrogens with zero attached hydrogens (tertiary/aromatic N) is 1. The van der Waals surface area contributed by atoms with E-state index in [1.54, 1.807) is 0 Å². The van der Waals surface area contributed by atoms with Gasteiger partial charge in [-0.05, 0) is 43.0 Å². The zero-order valence-corrected chi connectivity index (χ0v) is 15.4. The summed E-state index contributed by atoms with van der Waals surface area (Å²) in [7, 11) is 0. The summed E-state index contributed by atoms with van der Waals surface area (Å²) in [5.74, 6) is 0.189. The number of carboxylic acid groups (broad SMARTS) is 1. The fraction of sp³-hybridized carbons (Fsp3) is 0.304. The molecule has 0 amide bonds. The molecule has 0 saturated heterocycles. The highest BCUT2D eigenvalue weighted by molar-refractivity contribution is 5.78. The molecule has 1 aromatic heterocycles. The van der Waals surface area contributed by atoms with E-state index in [9.17, 15) is 4.79 Å². The average molecular weight is 363 g/mol. The average Bonchev–Trinajstić information content (AvgIpc) is 2.69. The van der Waals surface area contributed by atoms with Gasteiger partial charge in [0.05, 0.1) is 11.2 Å². The van der Waals surface area contributed by atoms with Crippen LogP contribution in [-0.2, 0) is 17.8 Å². The second kappa shape index (κ2) is 9.72. The van der Waals surface area contributed by atoms with Gasteiger partial charge in [-0.1, -0.05) is 55.3 Å². The van der Waals surface area contributed by atoms with Crippen molar-refractivity contribution in [3.63, 3.8) is 0 Å². The first-order valence-electron chi connectivity index (χ1n) is 9.49. The van der Waals surface area contributed by atoms with Crippen molar-refractivity contribution in [2.75, 3.05) is 0 Å². The maximum absolute atomic E-state index is 10.5. The molecule has 3 aromatic rings. The molecule has 0 aliphatic rings. The molecule has 2 aromatic carbocycles. The lowest BCUT2D eigenvalue weighted by Crippen LogP contribution is -2.01. The molecule has 1 N–H and O–H groups in total. The molecule has 0 spiro atoms. The van der Waals surface area contributed by atoms with Gasteiger partial charge in [0.1, 0.15) is 12.4 Å². The summed E-state index contributed by atoms with van der Waals surface area (Å²) in [4.78, 5) is 15.2. The first-order chi connectivity index (χ1) is 13.2. The van der Waals surface area contributed by atoms with Crippen LogP contribution in [0.15, 0.2) is 60.7 Å². The van der Waals surface area contributed by atoms with Crippen LogP contribution in [0.2, 0.25) is 0 Å². The Balaban J connectivity index is 1.53. The summed E-state index contributed by atoms with van der Waals surface area (Å²) in [6, 6.07) is 20.3. The summed E-state index contributed by atoms with van der Waals surface area (Å²) in [6.45, 7) is 0.445. The minimum Gasteiger partial charge on any atom is -0.487 e. The largest absolute Gasteiger partial charge is 0.487 e. The van der Waals surface area contributed by atoms with Crippen LogP contribution in [0, 0.1) is 0 Å². The normalized spacial score (nSPS) is 10.8. The minimum absolute atomic E-state index is 0.262. The van der Waals surface area contributed by atoms with E-state index in [0.29, 0.717) is 6.61 Å². The van der Waals surface area contributed by atoms with Crippen LogP contribution in [0.3, 0.4) is 0 Å². The van der Waals surface area contributed by atoms with Crippen molar-refractivity contribution >= 4 is 16.9 Å². The summed E-state index contributed by atoms with van der Waals surface area (Å²) in [5.41, 5.74) is 3.09. The molecule has 0 fully saturated rings. The van der Waals surface area contributed by atoms with Crippen molar-refractivity contribution in [1.29, 1.82) is 0 Å². The molecule has 3 rings (SSSR count). The Hall–Kier alpha value is -2.88. The maximum atomic E-state index is 10.5. The second-order valence-electron chi connectivity index (χ2n) is 6.70. The van der Waals surface area contributed by atoms with E-state index in [2.05, 4.69) is 23.2 Å². The van der Waals surface area contributed by atoms with Crippen molar-refractivity contribution < 1.29 is 14.6 Å². The molecular weight excluding hydrogens is 338 g/mol. The summed E-state index contributed by atoms with van der Waals surface area (Å²) >= 11 is 0. The van der Waals surface area contributed by atoms with Gasteiger partial charge >= 0.3 is 5.97 Å². The number of aryl methyl sites for hydroxylation is 1. The quantitative estimate of drug-likeness (QED) is 0.491. The summed E-state index contributed by atoms with van der Waals surface area (Å²) in [6.07, 6.45) is 4.98. The van der Waals surface area contributed by atoms with Crippen molar-refractivity contribution in [1.82, 2.24) is 4.98 Å². The molecule has 0 radical (unpaired) electrons. The van der Waals surface area contributed by atoms with E-state index >= 15 is 0 Å². The number of carbonyl (C=O) groups is 1. The number of aliphatic carboxylic acids is 1. The Morgan fingerprint density at radius 3 is 2.56 bits per heavy atom. The van der Waals surface area contributed by atoms with Gasteiger partial charge in [0.15, 0.2) is 0 Å². The topological polar surface area (TPSA) is 59.4 Å². The fourth-order valence-electron chi connectivity index (χ4n) is 3.14. The van der Waals surface area contributed by atoms with Gasteiger partial charge in [-0.2, -0.15) is 0 Å². The number of hydrogen-bond donors (Lipinski definition) is 1. The van der Waals surface area contributed by atoms with E-state index in [1.807, 2.05) is 42.5 Å². The Morgan fingerprint density at radius 1 is 0.889 bits per heavy atom. The first kappa shape index (κ1) is 18.9. The van der Waals surface area contributed by atoms with Crippen molar-refractivity contribution in [3.8, 4) is 5.75 Å². The Kier molecular flexibility index (Phi) is 6.80. The van der Waals surface area contributed by atoms with E-state index in [0.717, 1.165) is 54.5 Å². The molecular formula is C23H25NO3. The number of aromatic nitrogens is 1. The third-order valence-corrected chi connectivity index (χ3v) is 4.59. The highest BCUT2D eigenvalue weighted by Gasteiger charge is 2.05. The molecule has 0 bridgehead atoms. The van der Waals surface area contributed by atoms with Gasteiger partial charge in [-0.15, -0.1) is 0 Å².